The normalized spacial score (nSPS) is 10.7. The Labute approximate surface area is 109 Å². The Balaban J connectivity index is 2.98. The molecule has 0 unspecified atom stereocenters. The molecule has 0 atom stereocenters. The van der Waals surface area contributed by atoms with Gasteiger partial charge in [0.1, 0.15) is 5.75 Å². The zero-order valence-corrected chi connectivity index (χ0v) is 10.9. The fourth-order valence-corrected chi connectivity index (χ4v) is 2.20. The summed E-state index contributed by atoms with van der Waals surface area (Å²) in [5.41, 5.74) is 0.422. The van der Waals surface area contributed by atoms with Crippen LogP contribution in [-0.4, -0.2) is 17.0 Å². The Morgan fingerprint density at radius 1 is 1.37 bits per heavy atom. The van der Waals surface area contributed by atoms with E-state index in [0.717, 1.165) is 12.0 Å². The van der Waals surface area contributed by atoms with Crippen molar-refractivity contribution in [3.63, 3.8) is 0 Å². The van der Waals surface area contributed by atoms with Crippen LogP contribution in [0.15, 0.2) is 16.9 Å². The Morgan fingerprint density at radius 2 is 2.05 bits per heavy atom. The lowest BCUT2D eigenvalue weighted by molar-refractivity contribution is -0.384. The molecule has 1 N–H and O–H groups in total. The van der Waals surface area contributed by atoms with E-state index in [9.17, 15) is 14.9 Å². The SMILES string of the molecule is CCc1cc2c(C)[nH]c(=O)c([N+](=O)[O-])c2cc1OC. The first-order valence-electron chi connectivity index (χ1n) is 5.87. The molecule has 0 fully saturated rings. The highest BCUT2D eigenvalue weighted by molar-refractivity contribution is 5.93. The number of nitrogens with zero attached hydrogens (tertiary/aromatic N) is 1. The molecule has 0 aliphatic rings. The minimum Gasteiger partial charge on any atom is -0.496 e. The number of methoxy groups -OCH3 is 1. The fraction of sp³-hybridized carbons (Fsp3) is 0.308. The van der Waals surface area contributed by atoms with E-state index in [2.05, 4.69) is 4.98 Å². The molecule has 6 nitrogen and oxygen atoms in total. The summed E-state index contributed by atoms with van der Waals surface area (Å²) in [4.78, 5) is 24.6. The summed E-state index contributed by atoms with van der Waals surface area (Å²) in [6.45, 7) is 3.69. The van der Waals surface area contributed by atoms with Crippen molar-refractivity contribution < 1.29 is 9.66 Å². The maximum absolute atomic E-state index is 11.7. The molecule has 0 spiro atoms. The number of hydrogen-bond acceptors (Lipinski definition) is 4. The second-order valence-corrected chi connectivity index (χ2v) is 4.25. The number of H-pyrrole nitrogens is 1. The molecule has 100 valence electrons. The zero-order valence-electron chi connectivity index (χ0n) is 10.9. The van der Waals surface area contributed by atoms with Gasteiger partial charge in [0, 0.05) is 11.1 Å². The number of hydrogen-bond donors (Lipinski definition) is 1. The molecule has 2 rings (SSSR count). The predicted molar refractivity (Wildman–Crippen MR) is 71.9 cm³/mol. The van der Waals surface area contributed by atoms with Crippen molar-refractivity contribution >= 4 is 16.5 Å². The third kappa shape index (κ3) is 2.05. The summed E-state index contributed by atoms with van der Waals surface area (Å²) in [7, 11) is 1.51. The third-order valence-corrected chi connectivity index (χ3v) is 3.16. The monoisotopic (exact) mass is 262 g/mol. The van der Waals surface area contributed by atoms with Crippen LogP contribution >= 0.6 is 0 Å². The van der Waals surface area contributed by atoms with Crippen LogP contribution in [0, 0.1) is 17.0 Å². The van der Waals surface area contributed by atoms with Crippen molar-refractivity contribution in [3.8, 4) is 5.75 Å². The highest BCUT2D eigenvalue weighted by atomic mass is 16.6. The van der Waals surface area contributed by atoms with Gasteiger partial charge in [-0.05, 0) is 31.0 Å². The summed E-state index contributed by atoms with van der Waals surface area (Å²) in [5.74, 6) is 0.558. The summed E-state index contributed by atoms with van der Waals surface area (Å²) in [6.07, 6.45) is 0.742. The summed E-state index contributed by atoms with van der Waals surface area (Å²) >= 11 is 0. The Bertz CT molecular complexity index is 719. The highest BCUT2D eigenvalue weighted by Crippen LogP contribution is 2.31. The van der Waals surface area contributed by atoms with Crippen LogP contribution < -0.4 is 10.3 Å². The van der Waals surface area contributed by atoms with Crippen LogP contribution in [0.3, 0.4) is 0 Å². The number of pyridine rings is 1. The van der Waals surface area contributed by atoms with Gasteiger partial charge in [-0.2, -0.15) is 0 Å². The summed E-state index contributed by atoms with van der Waals surface area (Å²) in [6, 6.07) is 3.39. The maximum atomic E-state index is 11.7. The molecule has 19 heavy (non-hydrogen) atoms. The van der Waals surface area contributed by atoms with Gasteiger partial charge in [-0.15, -0.1) is 0 Å². The average Bonchev–Trinajstić information content (AvgIpc) is 2.36. The van der Waals surface area contributed by atoms with E-state index >= 15 is 0 Å². The molecule has 6 heteroatoms. The number of nitro groups is 1. The quantitative estimate of drug-likeness (QED) is 0.679. The molecule has 0 amide bonds. The Kier molecular flexibility index (Phi) is 3.25. The molecule has 0 saturated heterocycles. The van der Waals surface area contributed by atoms with E-state index in [-0.39, 0.29) is 0 Å². The predicted octanol–water partition coefficient (Wildman–Crippen LogP) is 2.32. The minimum atomic E-state index is -0.693. The molecular weight excluding hydrogens is 248 g/mol. The van der Waals surface area contributed by atoms with E-state index < -0.39 is 16.2 Å². The number of aromatic nitrogens is 1. The van der Waals surface area contributed by atoms with Crippen LogP contribution in [0.25, 0.3) is 10.8 Å². The molecular formula is C13H14N2O4. The lowest BCUT2D eigenvalue weighted by Gasteiger charge is -2.10. The van der Waals surface area contributed by atoms with Gasteiger partial charge in [-0.3, -0.25) is 14.9 Å². The van der Waals surface area contributed by atoms with Crippen molar-refractivity contribution in [2.24, 2.45) is 0 Å². The minimum absolute atomic E-state index is 0.306. The van der Waals surface area contributed by atoms with Crippen molar-refractivity contribution in [2.45, 2.75) is 20.3 Å². The lowest BCUT2D eigenvalue weighted by Crippen LogP contribution is -2.13. The van der Waals surface area contributed by atoms with E-state index in [4.69, 9.17) is 4.74 Å². The second kappa shape index (κ2) is 4.72. The van der Waals surface area contributed by atoms with Gasteiger partial charge >= 0.3 is 11.2 Å². The van der Waals surface area contributed by atoms with Gasteiger partial charge in [0.2, 0.25) is 0 Å². The molecule has 0 aliphatic heterocycles. The fourth-order valence-electron chi connectivity index (χ4n) is 2.20. The Morgan fingerprint density at radius 3 is 2.58 bits per heavy atom. The van der Waals surface area contributed by atoms with Crippen molar-refractivity contribution in [1.29, 1.82) is 0 Å². The molecule has 2 aromatic rings. The van der Waals surface area contributed by atoms with Crippen LogP contribution in [-0.2, 0) is 6.42 Å². The van der Waals surface area contributed by atoms with E-state index in [1.807, 2.05) is 13.0 Å². The number of benzene rings is 1. The van der Waals surface area contributed by atoms with Gasteiger partial charge in [0.25, 0.3) is 0 Å². The van der Waals surface area contributed by atoms with Crippen molar-refractivity contribution in [2.75, 3.05) is 7.11 Å². The molecule has 1 heterocycles. The van der Waals surface area contributed by atoms with Crippen LogP contribution in [0.4, 0.5) is 5.69 Å². The zero-order chi connectivity index (χ0) is 14.2. The summed E-state index contributed by atoms with van der Waals surface area (Å²) in [5, 5.41) is 12.0. The number of aromatic amines is 1. The average molecular weight is 262 g/mol. The molecule has 1 aromatic carbocycles. The first kappa shape index (κ1) is 13.1. The number of ether oxygens (including phenoxy) is 1. The smallest absolute Gasteiger partial charge is 0.341 e. The van der Waals surface area contributed by atoms with E-state index in [0.29, 0.717) is 22.2 Å². The standard InChI is InChI=1S/C13H14N2O4/c1-4-8-5-9-7(2)14-13(16)12(15(17)18)10(9)6-11(8)19-3/h5-6H,4H2,1-3H3,(H,14,16). The summed E-state index contributed by atoms with van der Waals surface area (Å²) < 4.78 is 5.22. The largest absolute Gasteiger partial charge is 0.496 e. The van der Waals surface area contributed by atoms with Gasteiger partial charge in [-0.1, -0.05) is 6.92 Å². The molecule has 1 aromatic heterocycles. The van der Waals surface area contributed by atoms with E-state index in [1.165, 1.54) is 7.11 Å². The maximum Gasteiger partial charge on any atom is 0.341 e. The van der Waals surface area contributed by atoms with Crippen LogP contribution in [0.5, 0.6) is 5.75 Å². The highest BCUT2D eigenvalue weighted by Gasteiger charge is 2.20. The van der Waals surface area contributed by atoms with Gasteiger partial charge < -0.3 is 9.72 Å². The lowest BCUT2D eigenvalue weighted by atomic mass is 10.0. The van der Waals surface area contributed by atoms with Gasteiger partial charge in [-0.25, -0.2) is 0 Å². The topological polar surface area (TPSA) is 85.2 Å². The first-order chi connectivity index (χ1) is 8.99. The van der Waals surface area contributed by atoms with Crippen molar-refractivity contribution in [3.05, 3.63) is 43.9 Å². The Hall–Kier alpha value is -2.37. The molecule has 0 saturated carbocycles. The first-order valence-corrected chi connectivity index (χ1v) is 5.87. The number of fused-ring (bicyclic) bond motifs is 1. The van der Waals surface area contributed by atoms with Crippen LogP contribution in [0.1, 0.15) is 18.2 Å². The second-order valence-electron chi connectivity index (χ2n) is 4.25. The van der Waals surface area contributed by atoms with Gasteiger partial charge in [0.15, 0.2) is 0 Å². The molecule has 0 aliphatic carbocycles. The van der Waals surface area contributed by atoms with E-state index in [1.54, 1.807) is 13.0 Å². The van der Waals surface area contributed by atoms with Crippen molar-refractivity contribution in [1.82, 2.24) is 4.98 Å². The van der Waals surface area contributed by atoms with Gasteiger partial charge in [0.05, 0.1) is 17.4 Å². The number of aryl methyl sites for hydroxylation is 2. The molecule has 0 radical (unpaired) electrons. The third-order valence-electron chi connectivity index (χ3n) is 3.16. The van der Waals surface area contributed by atoms with Crippen LogP contribution in [0.2, 0.25) is 0 Å². The number of rotatable bonds is 3. The molecule has 0 bridgehead atoms. The number of nitrogens with one attached hydrogen (secondary N) is 1.